The summed E-state index contributed by atoms with van der Waals surface area (Å²) in [5.41, 5.74) is 2.21. The minimum Gasteiger partial charge on any atom is -0.305 e. The first-order chi connectivity index (χ1) is 10.6. The molecule has 1 aromatic heterocycles. The number of thioether (sulfide) groups is 1. The van der Waals surface area contributed by atoms with Gasteiger partial charge in [-0.1, -0.05) is 63.6 Å². The fourth-order valence-electron chi connectivity index (χ4n) is 2.09. The van der Waals surface area contributed by atoms with Gasteiger partial charge < -0.3 is 4.57 Å². The van der Waals surface area contributed by atoms with Crippen LogP contribution in [-0.2, 0) is 12.8 Å². The number of hydrogen-bond acceptors (Lipinski definition) is 3. The zero-order chi connectivity index (χ0) is 15.5. The van der Waals surface area contributed by atoms with Crippen molar-refractivity contribution in [2.45, 2.75) is 10.9 Å². The third-order valence-corrected chi connectivity index (χ3v) is 4.99. The van der Waals surface area contributed by atoms with Crippen LogP contribution in [0.15, 0.2) is 58.2 Å². The molecule has 0 aliphatic rings. The number of rotatable bonds is 4. The van der Waals surface area contributed by atoms with Crippen LogP contribution in [0.3, 0.4) is 0 Å². The molecule has 0 spiro atoms. The molecule has 0 saturated heterocycles. The maximum Gasteiger partial charge on any atom is 0.191 e. The molecule has 0 unspecified atom stereocenters. The van der Waals surface area contributed by atoms with E-state index >= 15 is 0 Å². The van der Waals surface area contributed by atoms with Crippen LogP contribution in [-0.4, -0.2) is 14.8 Å². The van der Waals surface area contributed by atoms with Crippen molar-refractivity contribution in [2.24, 2.45) is 7.05 Å². The molecule has 1 heterocycles. The monoisotopic (exact) mass is 393 g/mol. The normalized spacial score (nSPS) is 10.9. The van der Waals surface area contributed by atoms with E-state index in [0.29, 0.717) is 5.02 Å². The molecule has 0 radical (unpaired) electrons. The van der Waals surface area contributed by atoms with Gasteiger partial charge in [-0.05, 0) is 29.8 Å². The second kappa shape index (κ2) is 6.86. The standard InChI is InChI=1S/C16H13BrClN3S/c1-21-15(12-5-3-7-14(18)9-12)19-20-16(21)22-10-11-4-2-6-13(17)8-11/h2-9H,10H2,1H3. The van der Waals surface area contributed by atoms with Gasteiger partial charge in [0.1, 0.15) is 0 Å². The largest absolute Gasteiger partial charge is 0.305 e. The smallest absolute Gasteiger partial charge is 0.191 e. The van der Waals surface area contributed by atoms with Crippen molar-refractivity contribution in [2.75, 3.05) is 0 Å². The highest BCUT2D eigenvalue weighted by atomic mass is 79.9. The number of hydrogen-bond donors (Lipinski definition) is 0. The van der Waals surface area contributed by atoms with Gasteiger partial charge >= 0.3 is 0 Å². The minimum atomic E-state index is 0.698. The van der Waals surface area contributed by atoms with Crippen LogP contribution in [0.4, 0.5) is 0 Å². The SMILES string of the molecule is Cn1c(SCc2cccc(Br)c2)nnc1-c1cccc(Cl)c1. The van der Waals surface area contributed by atoms with Gasteiger partial charge in [0.15, 0.2) is 11.0 Å². The molecule has 0 bridgehead atoms. The molecular formula is C16H13BrClN3S. The Hall–Kier alpha value is -1.30. The van der Waals surface area contributed by atoms with Crippen molar-refractivity contribution in [3.63, 3.8) is 0 Å². The molecule has 3 rings (SSSR count). The number of halogens is 2. The molecule has 0 amide bonds. The maximum absolute atomic E-state index is 6.04. The fourth-order valence-corrected chi connectivity index (χ4v) is 3.59. The third kappa shape index (κ3) is 3.54. The van der Waals surface area contributed by atoms with E-state index in [1.807, 2.05) is 48.0 Å². The Morgan fingerprint density at radius 1 is 1.14 bits per heavy atom. The number of aromatic nitrogens is 3. The molecule has 0 aliphatic heterocycles. The van der Waals surface area contributed by atoms with Crippen LogP contribution in [0.1, 0.15) is 5.56 Å². The predicted octanol–water partition coefficient (Wildman–Crippen LogP) is 5.19. The van der Waals surface area contributed by atoms with Crippen molar-refractivity contribution in [1.29, 1.82) is 0 Å². The Bertz CT molecular complexity index is 804. The van der Waals surface area contributed by atoms with Crippen molar-refractivity contribution in [3.8, 4) is 11.4 Å². The van der Waals surface area contributed by atoms with Crippen LogP contribution >= 0.6 is 39.3 Å². The zero-order valence-electron chi connectivity index (χ0n) is 11.8. The van der Waals surface area contributed by atoms with Crippen LogP contribution in [0.2, 0.25) is 5.02 Å². The fraction of sp³-hybridized carbons (Fsp3) is 0.125. The highest BCUT2D eigenvalue weighted by molar-refractivity contribution is 9.10. The highest BCUT2D eigenvalue weighted by Crippen LogP contribution is 2.27. The van der Waals surface area contributed by atoms with Gasteiger partial charge in [-0.25, -0.2) is 0 Å². The summed E-state index contributed by atoms with van der Waals surface area (Å²) in [6.07, 6.45) is 0. The van der Waals surface area contributed by atoms with E-state index in [9.17, 15) is 0 Å². The Morgan fingerprint density at radius 3 is 2.73 bits per heavy atom. The summed E-state index contributed by atoms with van der Waals surface area (Å²) >= 11 is 11.2. The van der Waals surface area contributed by atoms with Gasteiger partial charge in [-0.3, -0.25) is 0 Å². The summed E-state index contributed by atoms with van der Waals surface area (Å²) in [6, 6.07) is 15.9. The van der Waals surface area contributed by atoms with E-state index in [4.69, 9.17) is 11.6 Å². The highest BCUT2D eigenvalue weighted by Gasteiger charge is 2.11. The van der Waals surface area contributed by atoms with Crippen molar-refractivity contribution < 1.29 is 0 Å². The van der Waals surface area contributed by atoms with E-state index in [2.05, 4.69) is 38.3 Å². The lowest BCUT2D eigenvalue weighted by Crippen LogP contribution is -1.95. The first-order valence-corrected chi connectivity index (χ1v) is 8.82. The topological polar surface area (TPSA) is 30.7 Å². The Kier molecular flexibility index (Phi) is 4.86. The summed E-state index contributed by atoms with van der Waals surface area (Å²) in [4.78, 5) is 0. The second-order valence-electron chi connectivity index (χ2n) is 4.79. The van der Waals surface area contributed by atoms with E-state index in [0.717, 1.165) is 26.8 Å². The van der Waals surface area contributed by atoms with Crippen LogP contribution in [0.25, 0.3) is 11.4 Å². The molecule has 0 fully saturated rings. The Balaban J connectivity index is 1.79. The summed E-state index contributed by atoms with van der Waals surface area (Å²) in [7, 11) is 1.97. The van der Waals surface area contributed by atoms with Gasteiger partial charge in [0.25, 0.3) is 0 Å². The molecule has 112 valence electrons. The molecule has 3 nitrogen and oxygen atoms in total. The van der Waals surface area contributed by atoms with E-state index in [-0.39, 0.29) is 0 Å². The molecule has 0 N–H and O–H groups in total. The molecule has 22 heavy (non-hydrogen) atoms. The first kappa shape index (κ1) is 15.6. The summed E-state index contributed by atoms with van der Waals surface area (Å²) in [5.74, 6) is 1.67. The lowest BCUT2D eigenvalue weighted by Gasteiger charge is -2.05. The molecule has 6 heteroatoms. The van der Waals surface area contributed by atoms with Gasteiger partial charge in [-0.15, -0.1) is 10.2 Å². The van der Waals surface area contributed by atoms with E-state index in [1.54, 1.807) is 11.8 Å². The van der Waals surface area contributed by atoms with Gasteiger partial charge in [-0.2, -0.15) is 0 Å². The number of nitrogens with zero attached hydrogens (tertiary/aromatic N) is 3. The lowest BCUT2D eigenvalue weighted by molar-refractivity contribution is 0.794. The van der Waals surface area contributed by atoms with Crippen LogP contribution in [0, 0.1) is 0 Å². The van der Waals surface area contributed by atoms with Gasteiger partial charge in [0.05, 0.1) is 0 Å². The Labute approximate surface area is 146 Å². The van der Waals surface area contributed by atoms with Crippen molar-refractivity contribution in [3.05, 3.63) is 63.6 Å². The quantitative estimate of drug-likeness (QED) is 0.570. The zero-order valence-corrected chi connectivity index (χ0v) is 15.0. The molecule has 0 saturated carbocycles. The molecule has 2 aromatic carbocycles. The number of benzene rings is 2. The molecule has 0 aliphatic carbocycles. The summed E-state index contributed by atoms with van der Waals surface area (Å²) in [5, 5.41) is 10.1. The third-order valence-electron chi connectivity index (χ3n) is 3.17. The van der Waals surface area contributed by atoms with Gasteiger partial charge in [0, 0.05) is 27.9 Å². The first-order valence-electron chi connectivity index (χ1n) is 6.66. The maximum atomic E-state index is 6.04. The molecular weight excluding hydrogens is 382 g/mol. The summed E-state index contributed by atoms with van der Waals surface area (Å²) in [6.45, 7) is 0. The van der Waals surface area contributed by atoms with Crippen molar-refractivity contribution >= 4 is 39.3 Å². The van der Waals surface area contributed by atoms with E-state index < -0.39 is 0 Å². The second-order valence-corrected chi connectivity index (χ2v) is 7.09. The summed E-state index contributed by atoms with van der Waals surface area (Å²) < 4.78 is 3.08. The molecule has 3 aromatic rings. The molecule has 0 atom stereocenters. The predicted molar refractivity (Wildman–Crippen MR) is 95.2 cm³/mol. The van der Waals surface area contributed by atoms with Gasteiger partial charge in [0.2, 0.25) is 0 Å². The van der Waals surface area contributed by atoms with Crippen LogP contribution in [0.5, 0.6) is 0 Å². The lowest BCUT2D eigenvalue weighted by atomic mass is 10.2. The van der Waals surface area contributed by atoms with Crippen LogP contribution < -0.4 is 0 Å². The minimum absolute atomic E-state index is 0.698. The Morgan fingerprint density at radius 2 is 1.95 bits per heavy atom. The average Bonchev–Trinajstić information content (AvgIpc) is 2.86. The van der Waals surface area contributed by atoms with E-state index in [1.165, 1.54) is 5.56 Å². The van der Waals surface area contributed by atoms with Crippen molar-refractivity contribution in [1.82, 2.24) is 14.8 Å². The average molecular weight is 395 g/mol.